The molecule has 0 aliphatic heterocycles. The van der Waals surface area contributed by atoms with Crippen LogP contribution in [0, 0.1) is 0 Å². The van der Waals surface area contributed by atoms with Crippen molar-refractivity contribution in [3.05, 3.63) is 182 Å². The molecule has 0 radical (unpaired) electrons. The molecule has 9 aromatic carbocycles. The third-order valence-corrected chi connectivity index (χ3v) is 11.8. The molecule has 0 bridgehead atoms. The Morgan fingerprint density at radius 1 is 0.322 bits per heavy atom. The second kappa shape index (κ2) is 12.2. The van der Waals surface area contributed by atoms with Crippen LogP contribution < -0.4 is 0 Å². The molecule has 274 valence electrons. The van der Waals surface area contributed by atoms with E-state index in [1.54, 1.807) is 0 Å². The van der Waals surface area contributed by atoms with Gasteiger partial charge in [-0.2, -0.15) is 9.97 Å². The maximum Gasteiger partial charge on any atom is 0.238 e. The minimum Gasteiger partial charge on any atom is -0.456 e. The molecule has 0 atom stereocenters. The Morgan fingerprint density at radius 3 is 1.66 bits per heavy atom. The van der Waals surface area contributed by atoms with E-state index < -0.39 is 0 Å². The standard InChI is InChI=1S/C53H30N4O2/c1-2-13-31(14-3-1)51-54-52(33-25-27-39-37-17-8-10-23-44(37)59-47(39)30-33)56-53(55-51)57-49-34(32-26-28-46-43(29-32)38-18-9-11-24-45(38)58-46)21-12-22-42(49)48-40-19-6-4-15-35(40)36-16-5-7-20-41(36)50(48)57/h1-30H. The SMILES string of the molecule is c1ccc(-c2nc(-c3ccc4c(c3)oc3ccccc34)nc(-n3c4c(-c5ccc6oc7ccccc7c6c5)cccc4c4c5ccccc5c5ccccc5c43)n2)cc1. The molecular formula is C53H30N4O2. The lowest BCUT2D eigenvalue weighted by molar-refractivity contribution is 0.668. The van der Waals surface area contributed by atoms with Gasteiger partial charge in [0, 0.05) is 54.4 Å². The van der Waals surface area contributed by atoms with Crippen molar-refractivity contribution in [2.45, 2.75) is 0 Å². The second-order valence-electron chi connectivity index (χ2n) is 15.1. The first-order valence-electron chi connectivity index (χ1n) is 19.8. The van der Waals surface area contributed by atoms with Crippen molar-refractivity contribution in [1.82, 2.24) is 19.5 Å². The lowest BCUT2D eigenvalue weighted by Gasteiger charge is -2.14. The van der Waals surface area contributed by atoms with Crippen molar-refractivity contribution >= 4 is 87.2 Å². The van der Waals surface area contributed by atoms with Gasteiger partial charge in [0.15, 0.2) is 11.6 Å². The molecule has 0 saturated heterocycles. The topological polar surface area (TPSA) is 69.9 Å². The van der Waals surface area contributed by atoms with Crippen LogP contribution in [0.4, 0.5) is 0 Å². The molecule has 0 aliphatic carbocycles. The van der Waals surface area contributed by atoms with Gasteiger partial charge in [-0.05, 0) is 58.1 Å². The van der Waals surface area contributed by atoms with Gasteiger partial charge in [-0.1, -0.05) is 146 Å². The number of hydrogen-bond donors (Lipinski definition) is 0. The van der Waals surface area contributed by atoms with Gasteiger partial charge in [0.1, 0.15) is 22.3 Å². The minimum absolute atomic E-state index is 0.529. The number of furan rings is 2. The van der Waals surface area contributed by atoms with Crippen LogP contribution in [0.3, 0.4) is 0 Å². The smallest absolute Gasteiger partial charge is 0.238 e. The van der Waals surface area contributed by atoms with E-state index in [1.807, 2.05) is 54.6 Å². The number of nitrogens with zero attached hydrogens (tertiary/aromatic N) is 4. The quantitative estimate of drug-likeness (QED) is 0.167. The molecule has 4 heterocycles. The molecule has 0 aliphatic rings. The maximum atomic E-state index is 6.37. The van der Waals surface area contributed by atoms with Crippen molar-refractivity contribution in [2.24, 2.45) is 0 Å². The van der Waals surface area contributed by atoms with Crippen molar-refractivity contribution < 1.29 is 8.83 Å². The monoisotopic (exact) mass is 754 g/mol. The number of fused-ring (bicyclic) bond motifs is 14. The summed E-state index contributed by atoms with van der Waals surface area (Å²) in [7, 11) is 0. The Kier molecular flexibility index (Phi) is 6.63. The highest BCUT2D eigenvalue weighted by Crippen LogP contribution is 2.45. The van der Waals surface area contributed by atoms with Crippen LogP contribution in [-0.4, -0.2) is 19.5 Å². The fourth-order valence-electron chi connectivity index (χ4n) is 9.23. The van der Waals surface area contributed by atoms with Gasteiger partial charge in [-0.25, -0.2) is 4.98 Å². The van der Waals surface area contributed by atoms with E-state index in [1.165, 1.54) is 16.2 Å². The Morgan fingerprint density at radius 2 is 0.881 bits per heavy atom. The van der Waals surface area contributed by atoms with Crippen LogP contribution >= 0.6 is 0 Å². The van der Waals surface area contributed by atoms with E-state index in [0.717, 1.165) is 93.3 Å². The fraction of sp³-hybridized carbons (Fsp3) is 0. The van der Waals surface area contributed by atoms with Crippen molar-refractivity contribution in [1.29, 1.82) is 0 Å². The molecule has 59 heavy (non-hydrogen) atoms. The number of benzene rings is 9. The van der Waals surface area contributed by atoms with Gasteiger partial charge < -0.3 is 8.83 Å². The van der Waals surface area contributed by atoms with Crippen LogP contribution in [-0.2, 0) is 0 Å². The molecule has 0 unspecified atom stereocenters. The van der Waals surface area contributed by atoms with Gasteiger partial charge in [-0.3, -0.25) is 4.57 Å². The van der Waals surface area contributed by atoms with E-state index in [4.69, 9.17) is 23.8 Å². The van der Waals surface area contributed by atoms with E-state index in [0.29, 0.717) is 17.6 Å². The average molecular weight is 755 g/mol. The zero-order valence-corrected chi connectivity index (χ0v) is 31.4. The van der Waals surface area contributed by atoms with Crippen molar-refractivity contribution in [2.75, 3.05) is 0 Å². The molecule has 13 rings (SSSR count). The summed E-state index contributed by atoms with van der Waals surface area (Å²) in [6, 6.07) is 63.3. The van der Waals surface area contributed by atoms with Gasteiger partial charge in [0.05, 0.1) is 11.0 Å². The average Bonchev–Trinajstić information content (AvgIpc) is 3.99. The predicted molar refractivity (Wildman–Crippen MR) is 240 cm³/mol. The fourth-order valence-corrected chi connectivity index (χ4v) is 9.23. The molecule has 0 amide bonds. The minimum atomic E-state index is 0.529. The van der Waals surface area contributed by atoms with Crippen LogP contribution in [0.5, 0.6) is 0 Å². The second-order valence-corrected chi connectivity index (χ2v) is 15.1. The largest absolute Gasteiger partial charge is 0.456 e. The molecule has 0 spiro atoms. The molecule has 0 fully saturated rings. The van der Waals surface area contributed by atoms with Gasteiger partial charge in [0.2, 0.25) is 5.95 Å². The van der Waals surface area contributed by atoms with Crippen LogP contribution in [0.25, 0.3) is 127 Å². The highest BCUT2D eigenvalue weighted by Gasteiger charge is 2.25. The van der Waals surface area contributed by atoms with Gasteiger partial charge in [0.25, 0.3) is 0 Å². The summed E-state index contributed by atoms with van der Waals surface area (Å²) >= 11 is 0. The Hall–Kier alpha value is -8.09. The Bertz CT molecular complexity index is 3860. The highest BCUT2D eigenvalue weighted by molar-refractivity contribution is 6.33. The maximum absolute atomic E-state index is 6.37. The van der Waals surface area contributed by atoms with Crippen LogP contribution in [0.2, 0.25) is 0 Å². The normalized spacial score (nSPS) is 12.1. The third-order valence-electron chi connectivity index (χ3n) is 11.8. The zero-order chi connectivity index (χ0) is 38.6. The molecule has 6 nitrogen and oxygen atoms in total. The zero-order valence-electron chi connectivity index (χ0n) is 31.4. The molecular weight excluding hydrogens is 725 g/mol. The van der Waals surface area contributed by atoms with E-state index in [-0.39, 0.29) is 0 Å². The van der Waals surface area contributed by atoms with Crippen LogP contribution in [0.1, 0.15) is 0 Å². The van der Waals surface area contributed by atoms with Crippen LogP contribution in [0.15, 0.2) is 191 Å². The summed E-state index contributed by atoms with van der Waals surface area (Å²) < 4.78 is 14.9. The first kappa shape index (κ1) is 32.0. The summed E-state index contributed by atoms with van der Waals surface area (Å²) in [5.74, 6) is 1.67. The number of rotatable bonds is 4. The highest BCUT2D eigenvalue weighted by atomic mass is 16.3. The van der Waals surface area contributed by atoms with Gasteiger partial charge >= 0.3 is 0 Å². The lowest BCUT2D eigenvalue weighted by Crippen LogP contribution is -2.07. The van der Waals surface area contributed by atoms with E-state index in [2.05, 4.69) is 132 Å². The Labute approximate surface area is 336 Å². The summed E-state index contributed by atoms with van der Waals surface area (Å²) in [5.41, 5.74) is 9.28. The van der Waals surface area contributed by atoms with E-state index >= 15 is 0 Å². The first-order valence-corrected chi connectivity index (χ1v) is 19.8. The summed E-state index contributed by atoms with van der Waals surface area (Å²) in [6.07, 6.45) is 0. The summed E-state index contributed by atoms with van der Waals surface area (Å²) in [5, 5.41) is 11.2. The van der Waals surface area contributed by atoms with Gasteiger partial charge in [-0.15, -0.1) is 0 Å². The number of para-hydroxylation sites is 3. The third kappa shape index (κ3) is 4.71. The predicted octanol–water partition coefficient (Wildman–Crippen LogP) is 14.1. The molecule has 4 aromatic heterocycles. The molecule has 13 aromatic rings. The number of aromatic nitrogens is 4. The molecule has 6 heteroatoms. The number of hydrogen-bond acceptors (Lipinski definition) is 5. The van der Waals surface area contributed by atoms with E-state index in [9.17, 15) is 0 Å². The van der Waals surface area contributed by atoms with Crippen molar-refractivity contribution in [3.8, 4) is 39.9 Å². The molecule has 0 N–H and O–H groups in total. The molecule has 0 saturated carbocycles. The lowest BCUT2D eigenvalue weighted by atomic mass is 9.95. The Balaban J connectivity index is 1.18. The first-order chi connectivity index (χ1) is 29.2. The van der Waals surface area contributed by atoms with Crippen molar-refractivity contribution in [3.63, 3.8) is 0 Å². The summed E-state index contributed by atoms with van der Waals surface area (Å²) in [6.45, 7) is 0. The summed E-state index contributed by atoms with van der Waals surface area (Å²) in [4.78, 5) is 16.0.